The van der Waals surface area contributed by atoms with Gasteiger partial charge in [-0.1, -0.05) is 97.1 Å². The Morgan fingerprint density at radius 3 is 1.91 bits per heavy atom. The van der Waals surface area contributed by atoms with Crippen LogP contribution in [0, 0.1) is 0 Å². The van der Waals surface area contributed by atoms with Gasteiger partial charge < -0.3 is 9.47 Å². The van der Waals surface area contributed by atoms with Crippen LogP contribution in [0.2, 0.25) is 0 Å². The molecule has 34 heavy (non-hydrogen) atoms. The molecule has 1 aliphatic rings. The van der Waals surface area contributed by atoms with Gasteiger partial charge in [0.2, 0.25) is 6.79 Å². The molecule has 0 radical (unpaired) electrons. The van der Waals surface area contributed by atoms with Crippen LogP contribution in [0.3, 0.4) is 0 Å². The van der Waals surface area contributed by atoms with Crippen molar-refractivity contribution >= 4 is 11.6 Å². The summed E-state index contributed by atoms with van der Waals surface area (Å²) in [6, 6.07) is 33.9. The Labute approximate surface area is 198 Å². The maximum Gasteiger partial charge on any atom is 0.231 e. The van der Waals surface area contributed by atoms with Crippen molar-refractivity contribution in [3.63, 3.8) is 0 Å². The van der Waals surface area contributed by atoms with Crippen LogP contribution in [0.5, 0.6) is 11.5 Å². The third-order valence-electron chi connectivity index (χ3n) is 6.23. The van der Waals surface area contributed by atoms with Crippen LogP contribution in [0.25, 0.3) is 0 Å². The number of benzene rings is 4. The molecule has 0 bridgehead atoms. The van der Waals surface area contributed by atoms with Crippen LogP contribution in [0.15, 0.2) is 109 Å². The van der Waals surface area contributed by atoms with E-state index in [1.54, 1.807) is 0 Å². The van der Waals surface area contributed by atoms with E-state index in [0.717, 1.165) is 11.1 Å². The fraction of sp³-hybridized carbons (Fsp3) is 0.133. The summed E-state index contributed by atoms with van der Waals surface area (Å²) in [5.74, 6) is 0.338. The van der Waals surface area contributed by atoms with Crippen LogP contribution in [-0.2, 0) is 0 Å². The van der Waals surface area contributed by atoms with E-state index >= 15 is 0 Å². The van der Waals surface area contributed by atoms with Gasteiger partial charge >= 0.3 is 0 Å². The Morgan fingerprint density at radius 1 is 0.647 bits per heavy atom. The summed E-state index contributed by atoms with van der Waals surface area (Å²) < 4.78 is 11.1. The highest BCUT2D eigenvalue weighted by molar-refractivity contribution is 6.03. The first-order chi connectivity index (χ1) is 16.7. The second kappa shape index (κ2) is 9.75. The van der Waals surface area contributed by atoms with E-state index < -0.39 is 11.8 Å². The SMILES string of the molecule is O=C(CC(c1ccc2c(c1)OCO2)C(C(=O)c1ccccc1)c1ccccc1)c1ccccc1. The standard InChI is InChI=1S/C30H24O4/c31-26(21-10-4-1-5-11-21)19-25(24-16-17-27-28(18-24)34-20-33-27)29(22-12-6-2-7-13-22)30(32)23-14-8-3-9-15-23/h1-18,25,29H,19-20H2. The number of hydrogen-bond donors (Lipinski definition) is 0. The Balaban J connectivity index is 1.62. The Bertz CT molecular complexity index is 1280. The molecule has 0 fully saturated rings. The van der Waals surface area contributed by atoms with Crippen molar-refractivity contribution in [1.82, 2.24) is 0 Å². The van der Waals surface area contributed by atoms with Gasteiger partial charge in [0.1, 0.15) is 0 Å². The van der Waals surface area contributed by atoms with Gasteiger partial charge in [-0.3, -0.25) is 9.59 Å². The number of ether oxygens (including phenoxy) is 2. The third kappa shape index (κ3) is 4.48. The molecule has 4 aromatic carbocycles. The third-order valence-corrected chi connectivity index (χ3v) is 6.23. The molecule has 0 saturated heterocycles. The summed E-state index contributed by atoms with van der Waals surface area (Å²) in [4.78, 5) is 27.3. The maximum atomic E-state index is 13.9. The number of rotatable bonds is 8. The molecule has 168 valence electrons. The molecule has 4 aromatic rings. The molecule has 0 saturated carbocycles. The lowest BCUT2D eigenvalue weighted by Crippen LogP contribution is -2.23. The van der Waals surface area contributed by atoms with Crippen LogP contribution in [0.1, 0.15) is 50.1 Å². The predicted molar refractivity (Wildman–Crippen MR) is 131 cm³/mol. The lowest BCUT2D eigenvalue weighted by molar-refractivity contribution is 0.0920. The zero-order valence-electron chi connectivity index (χ0n) is 18.6. The highest BCUT2D eigenvalue weighted by Gasteiger charge is 2.34. The molecule has 0 aromatic heterocycles. The van der Waals surface area contributed by atoms with Gasteiger partial charge in [-0.2, -0.15) is 0 Å². The average molecular weight is 449 g/mol. The summed E-state index contributed by atoms with van der Waals surface area (Å²) in [7, 11) is 0. The summed E-state index contributed by atoms with van der Waals surface area (Å²) in [6.07, 6.45) is 0.182. The number of carbonyl (C=O) groups is 2. The highest BCUT2D eigenvalue weighted by Crippen LogP contribution is 2.42. The average Bonchev–Trinajstić information content (AvgIpc) is 3.38. The molecule has 0 N–H and O–H groups in total. The molecule has 2 unspecified atom stereocenters. The number of ketones is 2. The maximum absolute atomic E-state index is 13.9. The van der Waals surface area contributed by atoms with Crippen molar-refractivity contribution in [2.75, 3.05) is 6.79 Å². The predicted octanol–water partition coefficient (Wildman–Crippen LogP) is 6.44. The molecular formula is C30H24O4. The van der Waals surface area contributed by atoms with Crippen molar-refractivity contribution in [2.24, 2.45) is 0 Å². The summed E-state index contributed by atoms with van der Waals surface area (Å²) in [5, 5.41) is 0. The first-order valence-electron chi connectivity index (χ1n) is 11.3. The minimum Gasteiger partial charge on any atom is -0.454 e. The second-order valence-electron chi connectivity index (χ2n) is 8.33. The zero-order chi connectivity index (χ0) is 23.3. The van der Waals surface area contributed by atoms with E-state index in [2.05, 4.69) is 0 Å². The van der Waals surface area contributed by atoms with Crippen molar-refractivity contribution < 1.29 is 19.1 Å². The minimum absolute atomic E-state index is 0.00920. The molecule has 0 amide bonds. The minimum atomic E-state index is -0.545. The molecule has 5 rings (SSSR count). The zero-order valence-corrected chi connectivity index (χ0v) is 18.6. The monoisotopic (exact) mass is 448 g/mol. The molecule has 2 atom stereocenters. The van der Waals surface area contributed by atoms with Crippen molar-refractivity contribution in [1.29, 1.82) is 0 Å². The van der Waals surface area contributed by atoms with Gasteiger partial charge in [-0.25, -0.2) is 0 Å². The van der Waals surface area contributed by atoms with Crippen molar-refractivity contribution in [3.05, 3.63) is 131 Å². The molecule has 1 heterocycles. The lowest BCUT2D eigenvalue weighted by atomic mass is 9.74. The van der Waals surface area contributed by atoms with E-state index in [0.29, 0.717) is 22.6 Å². The Hall–Kier alpha value is -4.18. The topological polar surface area (TPSA) is 52.6 Å². The second-order valence-corrected chi connectivity index (χ2v) is 8.33. The highest BCUT2D eigenvalue weighted by atomic mass is 16.7. The van der Waals surface area contributed by atoms with Gasteiger partial charge in [0.25, 0.3) is 0 Å². The summed E-state index contributed by atoms with van der Waals surface area (Å²) in [5.41, 5.74) is 2.99. The van der Waals surface area contributed by atoms with Crippen LogP contribution in [0.4, 0.5) is 0 Å². The fourth-order valence-corrected chi connectivity index (χ4v) is 4.52. The largest absolute Gasteiger partial charge is 0.454 e. The number of Topliss-reactive ketones (excluding diaryl/α,β-unsaturated/α-hetero) is 2. The number of carbonyl (C=O) groups excluding carboxylic acids is 2. The van der Waals surface area contributed by atoms with E-state index in [-0.39, 0.29) is 24.8 Å². The van der Waals surface area contributed by atoms with Gasteiger partial charge in [-0.15, -0.1) is 0 Å². The van der Waals surface area contributed by atoms with Gasteiger partial charge in [-0.05, 0) is 23.3 Å². The van der Waals surface area contributed by atoms with E-state index in [9.17, 15) is 9.59 Å². The van der Waals surface area contributed by atoms with Gasteiger partial charge in [0.05, 0.1) is 5.92 Å². The molecule has 4 heteroatoms. The van der Waals surface area contributed by atoms with Crippen molar-refractivity contribution in [2.45, 2.75) is 18.3 Å². The number of hydrogen-bond acceptors (Lipinski definition) is 4. The molecule has 0 aliphatic carbocycles. The van der Waals surface area contributed by atoms with Gasteiger partial charge in [0.15, 0.2) is 23.1 Å². The first-order valence-corrected chi connectivity index (χ1v) is 11.3. The van der Waals surface area contributed by atoms with Crippen molar-refractivity contribution in [3.8, 4) is 11.5 Å². The smallest absolute Gasteiger partial charge is 0.231 e. The van der Waals surface area contributed by atoms with E-state index in [4.69, 9.17) is 9.47 Å². The fourth-order valence-electron chi connectivity index (χ4n) is 4.52. The number of fused-ring (bicyclic) bond motifs is 1. The normalized spacial score (nSPS) is 13.8. The summed E-state index contributed by atoms with van der Waals surface area (Å²) in [6.45, 7) is 0.164. The van der Waals surface area contributed by atoms with E-state index in [1.165, 1.54) is 0 Å². The lowest BCUT2D eigenvalue weighted by Gasteiger charge is -2.27. The van der Waals surface area contributed by atoms with Gasteiger partial charge in [0, 0.05) is 23.5 Å². The Kier molecular flexibility index (Phi) is 6.21. The first kappa shape index (κ1) is 21.7. The Morgan fingerprint density at radius 2 is 1.24 bits per heavy atom. The quantitative estimate of drug-likeness (QED) is 0.291. The molecule has 1 aliphatic heterocycles. The molecule has 0 spiro atoms. The van der Waals surface area contributed by atoms with Crippen LogP contribution < -0.4 is 9.47 Å². The molecule has 4 nitrogen and oxygen atoms in total. The summed E-state index contributed by atoms with van der Waals surface area (Å²) >= 11 is 0. The van der Waals surface area contributed by atoms with E-state index in [1.807, 2.05) is 109 Å². The van der Waals surface area contributed by atoms with Crippen LogP contribution in [-0.4, -0.2) is 18.4 Å². The molecular weight excluding hydrogens is 424 g/mol. The van der Waals surface area contributed by atoms with Crippen LogP contribution >= 0.6 is 0 Å².